The fourth-order valence-corrected chi connectivity index (χ4v) is 3.75. The molecule has 0 saturated carbocycles. The van der Waals surface area contributed by atoms with Crippen LogP contribution in [0.15, 0.2) is 30.5 Å². The molecule has 11 nitrogen and oxygen atoms in total. The Morgan fingerprint density at radius 2 is 1.87 bits per heavy atom. The van der Waals surface area contributed by atoms with Gasteiger partial charge in [-0.05, 0) is 18.4 Å². The number of urea groups is 1. The van der Waals surface area contributed by atoms with Crippen LogP contribution < -0.4 is 22.1 Å². The number of carbonyl (C=O) groups is 4. The minimum absolute atomic E-state index is 0.123. The Morgan fingerprint density at radius 3 is 2.48 bits per heavy atom. The number of nitrogens with zero attached hydrogens (tertiary/aromatic N) is 2. The zero-order valence-corrected chi connectivity index (χ0v) is 17.2. The Balaban J connectivity index is 1.82. The minimum atomic E-state index is -1.15. The number of hydrogen-bond donors (Lipinski definition) is 5. The van der Waals surface area contributed by atoms with Gasteiger partial charge in [-0.15, -0.1) is 0 Å². The maximum Gasteiger partial charge on any atom is 0.326 e. The minimum Gasteiger partial charge on any atom is -0.480 e. The molecule has 1 fully saturated rings. The molecule has 7 N–H and O–H groups in total. The van der Waals surface area contributed by atoms with Gasteiger partial charge in [0.1, 0.15) is 12.1 Å². The van der Waals surface area contributed by atoms with Crippen molar-refractivity contribution in [1.82, 2.24) is 14.8 Å². The van der Waals surface area contributed by atoms with Crippen molar-refractivity contribution in [2.45, 2.75) is 38.4 Å². The van der Waals surface area contributed by atoms with Gasteiger partial charge in [-0.2, -0.15) is 0 Å². The average molecular weight is 430 g/mol. The van der Waals surface area contributed by atoms with Crippen molar-refractivity contribution in [2.24, 2.45) is 17.4 Å². The summed E-state index contributed by atoms with van der Waals surface area (Å²) >= 11 is 0. The Morgan fingerprint density at radius 1 is 1.19 bits per heavy atom. The first-order valence-electron chi connectivity index (χ1n) is 9.86. The molecule has 0 bridgehead atoms. The maximum atomic E-state index is 13.0. The zero-order valence-electron chi connectivity index (χ0n) is 17.2. The molecule has 2 aromatic rings. The number of carbonyl (C=O) groups excluding carboxylic acids is 3. The van der Waals surface area contributed by atoms with Gasteiger partial charge in [0, 0.05) is 24.2 Å². The van der Waals surface area contributed by atoms with Gasteiger partial charge in [0.25, 0.3) is 0 Å². The number of amides is 4. The van der Waals surface area contributed by atoms with Gasteiger partial charge >= 0.3 is 18.0 Å². The number of nitrogens with two attached hydrogens (primary N) is 2. The molecule has 31 heavy (non-hydrogen) atoms. The number of hydrogen-bond acceptors (Lipinski definition) is 5. The van der Waals surface area contributed by atoms with Crippen molar-refractivity contribution < 1.29 is 24.3 Å². The predicted molar refractivity (Wildman–Crippen MR) is 113 cm³/mol. The third kappa shape index (κ3) is 4.45. The summed E-state index contributed by atoms with van der Waals surface area (Å²) in [7, 11) is 0. The SMILES string of the molecule is CC(C)[C@@H](NC(=O)[C@@H]1C[C@H](N)CN1C(=O)Nc1cn(C(N)=O)c2ccccc12)C(=O)O. The molecule has 1 aromatic heterocycles. The van der Waals surface area contributed by atoms with Gasteiger partial charge in [0.2, 0.25) is 5.91 Å². The van der Waals surface area contributed by atoms with Crippen molar-refractivity contribution in [2.75, 3.05) is 11.9 Å². The fourth-order valence-electron chi connectivity index (χ4n) is 3.75. The molecule has 0 aliphatic carbocycles. The number of rotatable bonds is 5. The van der Waals surface area contributed by atoms with Crippen LogP contribution in [0.5, 0.6) is 0 Å². The van der Waals surface area contributed by atoms with E-state index in [2.05, 4.69) is 10.6 Å². The highest BCUT2D eigenvalue weighted by molar-refractivity contribution is 6.05. The first kappa shape index (κ1) is 22.1. The summed E-state index contributed by atoms with van der Waals surface area (Å²) in [4.78, 5) is 50.2. The molecular weight excluding hydrogens is 404 g/mol. The molecule has 3 atom stereocenters. The van der Waals surface area contributed by atoms with Gasteiger partial charge < -0.3 is 32.1 Å². The van der Waals surface area contributed by atoms with Gasteiger partial charge in [-0.3, -0.25) is 9.36 Å². The Kier molecular flexibility index (Phi) is 6.16. The van der Waals surface area contributed by atoms with Crippen molar-refractivity contribution in [1.29, 1.82) is 0 Å². The third-order valence-corrected chi connectivity index (χ3v) is 5.32. The van der Waals surface area contributed by atoms with Crippen LogP contribution in [-0.4, -0.2) is 63.2 Å². The highest BCUT2D eigenvalue weighted by Gasteiger charge is 2.40. The monoisotopic (exact) mass is 430 g/mol. The first-order valence-corrected chi connectivity index (χ1v) is 9.86. The van der Waals surface area contributed by atoms with Crippen LogP contribution in [0.3, 0.4) is 0 Å². The van der Waals surface area contributed by atoms with Gasteiger partial charge in [-0.1, -0.05) is 32.0 Å². The van der Waals surface area contributed by atoms with Crippen molar-refractivity contribution in [3.05, 3.63) is 30.5 Å². The maximum absolute atomic E-state index is 13.0. The molecule has 1 aliphatic heterocycles. The number of aliphatic carboxylic acids is 1. The van der Waals surface area contributed by atoms with Gasteiger partial charge in [0.05, 0.1) is 11.2 Å². The van der Waals surface area contributed by atoms with E-state index in [1.807, 2.05) is 0 Å². The normalized spacial score (nSPS) is 19.4. The number of primary amides is 1. The standard InChI is InChI=1S/C20H26N6O5/c1-10(2)16(18(28)29)24-17(27)15-7-11(21)8-26(15)20(31)23-13-9-25(19(22)30)14-6-4-3-5-12(13)14/h3-6,9-11,15-16H,7-8,21H2,1-2H3,(H2,22,30)(H,23,31)(H,24,27)(H,28,29)/t11-,15-,16+/m0/s1. The molecule has 166 valence electrons. The molecule has 0 spiro atoms. The second kappa shape index (κ2) is 8.64. The van der Waals surface area contributed by atoms with Crippen molar-refractivity contribution >= 4 is 40.5 Å². The Labute approximate surface area is 178 Å². The van der Waals surface area contributed by atoms with Crippen LogP contribution in [0.25, 0.3) is 10.9 Å². The highest BCUT2D eigenvalue weighted by atomic mass is 16.4. The smallest absolute Gasteiger partial charge is 0.326 e. The predicted octanol–water partition coefficient (Wildman–Crippen LogP) is 0.727. The third-order valence-electron chi connectivity index (χ3n) is 5.32. The Hall–Kier alpha value is -3.60. The molecule has 4 amide bonds. The fraction of sp³-hybridized carbons (Fsp3) is 0.400. The van der Waals surface area contributed by atoms with E-state index in [4.69, 9.17) is 11.5 Å². The summed E-state index contributed by atoms with van der Waals surface area (Å²) in [6.07, 6.45) is 1.61. The highest BCUT2D eigenvalue weighted by Crippen LogP contribution is 2.27. The summed E-state index contributed by atoms with van der Waals surface area (Å²) in [6.45, 7) is 3.48. The topological polar surface area (TPSA) is 173 Å². The number of likely N-dealkylation sites (tertiary alicyclic amines) is 1. The second-order valence-corrected chi connectivity index (χ2v) is 7.93. The molecule has 0 radical (unpaired) electrons. The van der Waals surface area contributed by atoms with Gasteiger partial charge in [-0.25, -0.2) is 14.4 Å². The number of nitrogens with one attached hydrogen (secondary N) is 2. The molecule has 0 unspecified atom stereocenters. The lowest BCUT2D eigenvalue weighted by molar-refractivity contribution is -0.143. The van der Waals surface area contributed by atoms with E-state index >= 15 is 0 Å². The first-order chi connectivity index (χ1) is 14.6. The molecule has 1 aliphatic rings. The van der Waals surface area contributed by atoms with E-state index in [1.54, 1.807) is 38.1 Å². The molecule has 1 aromatic carbocycles. The van der Waals surface area contributed by atoms with E-state index in [0.29, 0.717) is 16.6 Å². The lowest BCUT2D eigenvalue weighted by Crippen LogP contribution is -2.53. The number of anilines is 1. The van der Waals surface area contributed by atoms with Crippen LogP contribution in [0.2, 0.25) is 0 Å². The number of carboxylic acids is 1. The number of aromatic nitrogens is 1. The molecular formula is C20H26N6O5. The Bertz CT molecular complexity index is 1030. The average Bonchev–Trinajstić information content (AvgIpc) is 3.26. The molecule has 2 heterocycles. The van der Waals surface area contributed by atoms with Crippen LogP contribution in [0.1, 0.15) is 20.3 Å². The molecule has 11 heteroatoms. The summed E-state index contributed by atoms with van der Waals surface area (Å²) in [5, 5.41) is 15.1. The number of benzene rings is 1. The van der Waals surface area contributed by atoms with Crippen molar-refractivity contribution in [3.8, 4) is 0 Å². The van der Waals surface area contributed by atoms with E-state index in [-0.39, 0.29) is 18.9 Å². The largest absolute Gasteiger partial charge is 0.480 e. The van der Waals surface area contributed by atoms with Crippen LogP contribution in [0.4, 0.5) is 15.3 Å². The van der Waals surface area contributed by atoms with Crippen molar-refractivity contribution in [3.63, 3.8) is 0 Å². The van der Waals surface area contributed by atoms with E-state index in [9.17, 15) is 24.3 Å². The molecule has 1 saturated heterocycles. The van der Waals surface area contributed by atoms with Crippen LogP contribution >= 0.6 is 0 Å². The number of fused-ring (bicyclic) bond motifs is 1. The van der Waals surface area contributed by atoms with E-state index in [1.165, 1.54) is 15.7 Å². The quantitative estimate of drug-likeness (QED) is 0.467. The van der Waals surface area contributed by atoms with Crippen LogP contribution in [0, 0.1) is 5.92 Å². The summed E-state index contributed by atoms with van der Waals surface area (Å²) in [5.74, 6) is -2.07. The summed E-state index contributed by atoms with van der Waals surface area (Å²) in [6, 6.07) is 3.19. The van der Waals surface area contributed by atoms with Crippen LogP contribution in [-0.2, 0) is 9.59 Å². The van der Waals surface area contributed by atoms with E-state index < -0.39 is 42.1 Å². The molecule has 3 rings (SSSR count). The lowest BCUT2D eigenvalue weighted by atomic mass is 10.0. The number of carboxylic acid groups (broad SMARTS) is 1. The van der Waals surface area contributed by atoms with E-state index in [0.717, 1.165) is 0 Å². The lowest BCUT2D eigenvalue weighted by Gasteiger charge is -2.26. The number of para-hydroxylation sites is 1. The summed E-state index contributed by atoms with van der Waals surface area (Å²) < 4.78 is 1.21. The van der Waals surface area contributed by atoms with Gasteiger partial charge in [0.15, 0.2) is 0 Å². The zero-order chi connectivity index (χ0) is 22.9. The summed E-state index contributed by atoms with van der Waals surface area (Å²) in [5.41, 5.74) is 12.3. The second-order valence-electron chi connectivity index (χ2n) is 7.93.